The van der Waals surface area contributed by atoms with Crippen LogP contribution in [0.25, 0.3) is 0 Å². The first-order chi connectivity index (χ1) is 7.43. The first-order valence-corrected chi connectivity index (χ1v) is 5.74. The van der Waals surface area contributed by atoms with Gasteiger partial charge in [-0.15, -0.1) is 0 Å². The van der Waals surface area contributed by atoms with E-state index in [1.54, 1.807) is 0 Å². The van der Waals surface area contributed by atoms with E-state index in [1.165, 1.54) is 6.92 Å². The van der Waals surface area contributed by atoms with Gasteiger partial charge in [-0.1, -0.05) is 20.8 Å². The molecular formula is C12H24N2O3. The van der Waals surface area contributed by atoms with Crippen molar-refractivity contribution in [2.75, 3.05) is 0 Å². The molecule has 0 aliphatic carbocycles. The molecule has 5 heteroatoms. The molecule has 0 aliphatic heterocycles. The number of rotatable bonds is 4. The molecule has 0 saturated heterocycles. The molecule has 17 heavy (non-hydrogen) atoms. The van der Waals surface area contributed by atoms with Crippen molar-refractivity contribution in [3.63, 3.8) is 0 Å². The van der Waals surface area contributed by atoms with Gasteiger partial charge in [0.2, 0.25) is 0 Å². The molecule has 0 heterocycles. The molecule has 0 bridgehead atoms. The maximum absolute atomic E-state index is 11.6. The molecule has 100 valence electrons. The highest BCUT2D eigenvalue weighted by atomic mass is 16.4. The lowest BCUT2D eigenvalue weighted by atomic mass is 9.82. The average molecular weight is 244 g/mol. The highest BCUT2D eigenvalue weighted by Gasteiger charge is 2.27. The predicted octanol–water partition coefficient (Wildman–Crippen LogP) is 1.97. The highest BCUT2D eigenvalue weighted by molar-refractivity contribution is 5.82. The van der Waals surface area contributed by atoms with Gasteiger partial charge < -0.3 is 15.7 Å². The first-order valence-electron chi connectivity index (χ1n) is 5.74. The average Bonchev–Trinajstić information content (AvgIpc) is 1.96. The Morgan fingerprint density at radius 3 is 2.00 bits per heavy atom. The van der Waals surface area contributed by atoms with Crippen molar-refractivity contribution in [3.05, 3.63) is 0 Å². The molecule has 0 aromatic heterocycles. The molecule has 3 N–H and O–H groups in total. The van der Waals surface area contributed by atoms with Crippen molar-refractivity contribution in [2.45, 2.75) is 59.5 Å². The number of carbonyl (C=O) groups is 2. The summed E-state index contributed by atoms with van der Waals surface area (Å²) in [6, 6.07) is -1.34. The quantitative estimate of drug-likeness (QED) is 0.707. The minimum absolute atomic E-state index is 0.0925. The number of aliphatic carboxylic acids is 1. The van der Waals surface area contributed by atoms with Gasteiger partial charge in [-0.2, -0.15) is 0 Å². The van der Waals surface area contributed by atoms with Crippen LogP contribution in [0.4, 0.5) is 4.79 Å². The summed E-state index contributed by atoms with van der Waals surface area (Å²) in [7, 11) is 0. The Kier molecular flexibility index (Phi) is 4.98. The normalized spacial score (nSPS) is 14.0. The van der Waals surface area contributed by atoms with Crippen LogP contribution < -0.4 is 10.6 Å². The van der Waals surface area contributed by atoms with Crippen molar-refractivity contribution in [3.8, 4) is 0 Å². The number of hydrogen-bond donors (Lipinski definition) is 3. The summed E-state index contributed by atoms with van der Waals surface area (Å²) in [4.78, 5) is 22.2. The Bertz CT molecular complexity index is 293. The fraction of sp³-hybridized carbons (Fsp3) is 0.833. The minimum Gasteiger partial charge on any atom is -0.480 e. The van der Waals surface area contributed by atoms with Crippen LogP contribution in [0.5, 0.6) is 0 Å². The van der Waals surface area contributed by atoms with Gasteiger partial charge in [-0.05, 0) is 32.6 Å². The number of urea groups is 1. The molecule has 0 unspecified atom stereocenters. The summed E-state index contributed by atoms with van der Waals surface area (Å²) in [6.45, 7) is 11.5. The van der Waals surface area contributed by atoms with E-state index in [-0.39, 0.29) is 11.0 Å². The molecule has 5 nitrogen and oxygen atoms in total. The van der Waals surface area contributed by atoms with Crippen molar-refractivity contribution in [1.82, 2.24) is 10.6 Å². The van der Waals surface area contributed by atoms with Crippen LogP contribution in [-0.2, 0) is 4.79 Å². The van der Waals surface area contributed by atoms with Gasteiger partial charge in [-0.3, -0.25) is 4.79 Å². The summed E-state index contributed by atoms with van der Waals surface area (Å²) in [5.41, 5.74) is -0.282. The zero-order valence-electron chi connectivity index (χ0n) is 11.5. The van der Waals surface area contributed by atoms with Crippen LogP contribution in [0.1, 0.15) is 48.0 Å². The molecule has 0 aromatic carbocycles. The Morgan fingerprint density at radius 2 is 1.65 bits per heavy atom. The van der Waals surface area contributed by atoms with E-state index in [0.29, 0.717) is 0 Å². The standard InChI is InChI=1S/C12H24N2O3/c1-8(9(15)16)13-10(17)14-12(5,6)7-11(2,3)4/h8H,7H2,1-6H3,(H,15,16)(H2,13,14,17)/t8-/m1/s1. The minimum atomic E-state index is -1.05. The summed E-state index contributed by atoms with van der Waals surface area (Å²) < 4.78 is 0. The topological polar surface area (TPSA) is 78.4 Å². The Hall–Kier alpha value is -1.26. The number of carboxylic acids is 1. The van der Waals surface area contributed by atoms with Crippen molar-refractivity contribution in [2.24, 2.45) is 5.41 Å². The molecule has 2 amide bonds. The van der Waals surface area contributed by atoms with E-state index < -0.39 is 18.0 Å². The van der Waals surface area contributed by atoms with Crippen molar-refractivity contribution in [1.29, 1.82) is 0 Å². The molecule has 0 radical (unpaired) electrons. The van der Waals surface area contributed by atoms with Gasteiger partial charge in [0.25, 0.3) is 0 Å². The number of hydrogen-bond acceptors (Lipinski definition) is 2. The maximum Gasteiger partial charge on any atom is 0.325 e. The predicted molar refractivity (Wildman–Crippen MR) is 66.9 cm³/mol. The van der Waals surface area contributed by atoms with E-state index in [9.17, 15) is 9.59 Å². The number of amides is 2. The van der Waals surface area contributed by atoms with Crippen LogP contribution in [0.3, 0.4) is 0 Å². The summed E-state index contributed by atoms with van der Waals surface area (Å²) in [6.07, 6.45) is 0.800. The molecule has 1 atom stereocenters. The zero-order valence-corrected chi connectivity index (χ0v) is 11.5. The maximum atomic E-state index is 11.6. The van der Waals surface area contributed by atoms with Gasteiger partial charge in [0, 0.05) is 5.54 Å². The third-order valence-corrected chi connectivity index (χ3v) is 2.14. The number of carbonyl (C=O) groups excluding carboxylic acids is 1. The molecule has 0 aliphatic rings. The lowest BCUT2D eigenvalue weighted by molar-refractivity contribution is -0.138. The fourth-order valence-electron chi connectivity index (χ4n) is 1.97. The SMILES string of the molecule is C[C@@H](NC(=O)NC(C)(C)CC(C)(C)C)C(=O)O. The van der Waals surface area contributed by atoms with Crippen molar-refractivity contribution >= 4 is 12.0 Å². The summed E-state index contributed by atoms with van der Waals surface area (Å²) in [5.74, 6) is -1.05. The van der Waals surface area contributed by atoms with Crippen LogP contribution in [-0.4, -0.2) is 28.7 Å². The van der Waals surface area contributed by atoms with Crippen LogP contribution >= 0.6 is 0 Å². The smallest absolute Gasteiger partial charge is 0.325 e. The van der Waals surface area contributed by atoms with Crippen molar-refractivity contribution < 1.29 is 14.7 Å². The molecule has 0 saturated carbocycles. The number of nitrogens with one attached hydrogen (secondary N) is 2. The monoisotopic (exact) mass is 244 g/mol. The molecular weight excluding hydrogens is 220 g/mol. The van der Waals surface area contributed by atoms with Gasteiger partial charge >= 0.3 is 12.0 Å². The second-order valence-electron chi connectivity index (χ2n) is 6.28. The summed E-state index contributed by atoms with van der Waals surface area (Å²) >= 11 is 0. The lowest BCUT2D eigenvalue weighted by Gasteiger charge is -2.33. The lowest BCUT2D eigenvalue weighted by Crippen LogP contribution is -2.53. The molecule has 0 fully saturated rings. The van der Waals surface area contributed by atoms with E-state index in [2.05, 4.69) is 31.4 Å². The van der Waals surface area contributed by atoms with Gasteiger partial charge in [-0.25, -0.2) is 4.79 Å². The van der Waals surface area contributed by atoms with Crippen LogP contribution in [0, 0.1) is 5.41 Å². The third kappa shape index (κ3) is 7.60. The first kappa shape index (κ1) is 15.7. The van der Waals surface area contributed by atoms with E-state index in [4.69, 9.17) is 5.11 Å². The Balaban J connectivity index is 4.33. The van der Waals surface area contributed by atoms with E-state index in [0.717, 1.165) is 6.42 Å². The fourth-order valence-corrected chi connectivity index (χ4v) is 1.97. The summed E-state index contributed by atoms with van der Waals surface area (Å²) in [5, 5.41) is 13.8. The Morgan fingerprint density at radius 1 is 1.18 bits per heavy atom. The van der Waals surface area contributed by atoms with Crippen LogP contribution in [0.2, 0.25) is 0 Å². The molecule has 0 aromatic rings. The highest BCUT2D eigenvalue weighted by Crippen LogP contribution is 2.26. The zero-order chi connectivity index (χ0) is 13.9. The third-order valence-electron chi connectivity index (χ3n) is 2.14. The largest absolute Gasteiger partial charge is 0.480 e. The molecule has 0 rings (SSSR count). The van der Waals surface area contributed by atoms with Gasteiger partial charge in [0.1, 0.15) is 6.04 Å². The van der Waals surface area contributed by atoms with Gasteiger partial charge in [0.05, 0.1) is 0 Å². The van der Waals surface area contributed by atoms with E-state index >= 15 is 0 Å². The van der Waals surface area contributed by atoms with Gasteiger partial charge in [0.15, 0.2) is 0 Å². The number of carboxylic acid groups (broad SMARTS) is 1. The second kappa shape index (κ2) is 5.38. The van der Waals surface area contributed by atoms with Crippen LogP contribution in [0.15, 0.2) is 0 Å². The van der Waals surface area contributed by atoms with E-state index in [1.807, 2.05) is 13.8 Å². The Labute approximate surface area is 103 Å². The second-order valence-corrected chi connectivity index (χ2v) is 6.28. The molecule has 0 spiro atoms.